The number of nitrogens with one attached hydrogen (secondary N) is 1. The molecular formula is C22H21BrN4O. The zero-order valence-corrected chi connectivity index (χ0v) is 17.0. The predicted molar refractivity (Wildman–Crippen MR) is 115 cm³/mol. The molecule has 0 spiro atoms. The van der Waals surface area contributed by atoms with Crippen LogP contribution in [0, 0.1) is 5.92 Å². The molecule has 4 rings (SSSR count). The van der Waals surface area contributed by atoms with E-state index in [0.717, 1.165) is 53.2 Å². The van der Waals surface area contributed by atoms with Crippen LogP contribution in [0.1, 0.15) is 12.8 Å². The second kappa shape index (κ2) is 8.52. The average Bonchev–Trinajstić information content (AvgIpc) is 2.75. The molecule has 28 heavy (non-hydrogen) atoms. The number of hydrogen-bond donors (Lipinski definition) is 1. The molecule has 1 N–H and O–H groups in total. The third-order valence-corrected chi connectivity index (χ3v) is 5.48. The van der Waals surface area contributed by atoms with E-state index in [1.54, 1.807) is 0 Å². The number of amides is 1. The van der Waals surface area contributed by atoms with Crippen LogP contribution < -0.4 is 10.2 Å². The maximum absolute atomic E-state index is 12.5. The van der Waals surface area contributed by atoms with Gasteiger partial charge in [-0.3, -0.25) is 4.79 Å². The SMILES string of the molecule is O=C(Nc1cccc(Br)c1)C1CCN(c2ncc(-c3ccccc3)cn2)CC1. The van der Waals surface area contributed by atoms with Crippen LogP contribution in [0.25, 0.3) is 11.1 Å². The standard InChI is InChI=1S/C22H21BrN4O/c23-19-7-4-8-20(13-19)26-21(28)17-9-11-27(12-10-17)22-24-14-18(15-25-22)16-5-2-1-3-6-16/h1-8,13-15,17H,9-12H2,(H,26,28). The first-order valence-corrected chi connectivity index (χ1v) is 10.2. The molecule has 0 aliphatic carbocycles. The molecule has 0 atom stereocenters. The van der Waals surface area contributed by atoms with Crippen LogP contribution in [0.3, 0.4) is 0 Å². The van der Waals surface area contributed by atoms with Crippen molar-refractivity contribution in [1.29, 1.82) is 0 Å². The molecule has 5 nitrogen and oxygen atoms in total. The lowest BCUT2D eigenvalue weighted by Crippen LogP contribution is -2.39. The van der Waals surface area contributed by atoms with Crippen molar-refractivity contribution in [2.45, 2.75) is 12.8 Å². The fourth-order valence-electron chi connectivity index (χ4n) is 3.42. The summed E-state index contributed by atoms with van der Waals surface area (Å²) >= 11 is 3.43. The summed E-state index contributed by atoms with van der Waals surface area (Å²) in [5.41, 5.74) is 2.94. The van der Waals surface area contributed by atoms with E-state index in [4.69, 9.17) is 0 Å². The minimum absolute atomic E-state index is 0.0128. The zero-order chi connectivity index (χ0) is 19.3. The number of nitrogens with zero attached hydrogens (tertiary/aromatic N) is 3. The van der Waals surface area contributed by atoms with Gasteiger partial charge in [0.15, 0.2) is 0 Å². The van der Waals surface area contributed by atoms with Gasteiger partial charge < -0.3 is 10.2 Å². The molecule has 0 saturated carbocycles. The van der Waals surface area contributed by atoms with Crippen molar-refractivity contribution in [3.05, 3.63) is 71.5 Å². The number of halogens is 1. The highest BCUT2D eigenvalue weighted by molar-refractivity contribution is 9.10. The highest BCUT2D eigenvalue weighted by Gasteiger charge is 2.26. The van der Waals surface area contributed by atoms with Crippen LogP contribution in [0.15, 0.2) is 71.5 Å². The summed E-state index contributed by atoms with van der Waals surface area (Å²) < 4.78 is 0.955. The second-order valence-electron chi connectivity index (χ2n) is 6.90. The van der Waals surface area contributed by atoms with E-state index in [-0.39, 0.29) is 11.8 Å². The van der Waals surface area contributed by atoms with Crippen LogP contribution in [0.2, 0.25) is 0 Å². The van der Waals surface area contributed by atoms with Crippen molar-refractivity contribution in [2.75, 3.05) is 23.3 Å². The number of carbonyl (C=O) groups is 1. The fraction of sp³-hybridized carbons (Fsp3) is 0.227. The van der Waals surface area contributed by atoms with E-state index in [2.05, 4.69) is 36.1 Å². The van der Waals surface area contributed by atoms with E-state index < -0.39 is 0 Å². The summed E-state index contributed by atoms with van der Waals surface area (Å²) in [4.78, 5) is 23.8. The van der Waals surface area contributed by atoms with E-state index in [9.17, 15) is 4.79 Å². The molecule has 0 unspecified atom stereocenters. The minimum Gasteiger partial charge on any atom is -0.341 e. The maximum atomic E-state index is 12.5. The molecule has 6 heteroatoms. The molecule has 1 aliphatic rings. The molecule has 3 aromatic rings. The summed E-state index contributed by atoms with van der Waals surface area (Å²) in [7, 11) is 0. The van der Waals surface area contributed by atoms with Crippen molar-refractivity contribution in [1.82, 2.24) is 9.97 Å². The van der Waals surface area contributed by atoms with Crippen LogP contribution in [-0.2, 0) is 4.79 Å². The van der Waals surface area contributed by atoms with E-state index >= 15 is 0 Å². The largest absolute Gasteiger partial charge is 0.341 e. The van der Waals surface area contributed by atoms with Crippen molar-refractivity contribution in [3.8, 4) is 11.1 Å². The summed E-state index contributed by atoms with van der Waals surface area (Å²) in [5, 5.41) is 3.01. The number of rotatable bonds is 4. The molecule has 1 aromatic heterocycles. The van der Waals surface area contributed by atoms with Gasteiger partial charge in [-0.2, -0.15) is 0 Å². The van der Waals surface area contributed by atoms with Gasteiger partial charge in [-0.25, -0.2) is 9.97 Å². The average molecular weight is 437 g/mol. The van der Waals surface area contributed by atoms with Gasteiger partial charge in [-0.1, -0.05) is 52.3 Å². The number of benzene rings is 2. The first-order valence-electron chi connectivity index (χ1n) is 9.38. The van der Waals surface area contributed by atoms with Gasteiger partial charge in [-0.15, -0.1) is 0 Å². The maximum Gasteiger partial charge on any atom is 0.227 e. The summed E-state index contributed by atoms with van der Waals surface area (Å²) in [5.74, 6) is 0.822. The second-order valence-corrected chi connectivity index (χ2v) is 7.81. The normalized spacial score (nSPS) is 14.7. The Morgan fingerprint density at radius 3 is 2.36 bits per heavy atom. The zero-order valence-electron chi connectivity index (χ0n) is 15.4. The van der Waals surface area contributed by atoms with E-state index in [1.165, 1.54) is 0 Å². The predicted octanol–water partition coefficient (Wildman–Crippen LogP) is 4.76. The monoisotopic (exact) mass is 436 g/mol. The van der Waals surface area contributed by atoms with Crippen LogP contribution in [0.5, 0.6) is 0 Å². The molecule has 1 saturated heterocycles. The molecular weight excluding hydrogens is 416 g/mol. The molecule has 2 heterocycles. The highest BCUT2D eigenvalue weighted by Crippen LogP contribution is 2.24. The minimum atomic E-state index is 0.0128. The quantitative estimate of drug-likeness (QED) is 0.640. The summed E-state index contributed by atoms with van der Waals surface area (Å²) in [6, 6.07) is 17.8. The number of aromatic nitrogens is 2. The van der Waals surface area contributed by atoms with Crippen LogP contribution >= 0.6 is 15.9 Å². The third-order valence-electron chi connectivity index (χ3n) is 4.99. The number of carbonyl (C=O) groups excluding carboxylic acids is 1. The highest BCUT2D eigenvalue weighted by atomic mass is 79.9. The van der Waals surface area contributed by atoms with Gasteiger partial charge >= 0.3 is 0 Å². The Kier molecular flexibility index (Phi) is 5.67. The molecule has 1 amide bonds. The number of piperidine rings is 1. The van der Waals surface area contributed by atoms with Crippen LogP contribution in [0.4, 0.5) is 11.6 Å². The Labute approximate surface area is 173 Å². The summed E-state index contributed by atoms with van der Waals surface area (Å²) in [6.45, 7) is 1.56. The lowest BCUT2D eigenvalue weighted by molar-refractivity contribution is -0.120. The molecule has 0 bridgehead atoms. The number of hydrogen-bond acceptors (Lipinski definition) is 4. The molecule has 142 valence electrons. The fourth-order valence-corrected chi connectivity index (χ4v) is 3.82. The Morgan fingerprint density at radius 1 is 0.964 bits per heavy atom. The molecule has 1 fully saturated rings. The molecule has 1 aliphatic heterocycles. The third kappa shape index (κ3) is 4.39. The van der Waals surface area contributed by atoms with Crippen molar-refractivity contribution >= 4 is 33.5 Å². The van der Waals surface area contributed by atoms with Gasteiger partial charge in [0.05, 0.1) is 0 Å². The summed E-state index contributed by atoms with van der Waals surface area (Å²) in [6.07, 6.45) is 5.32. The lowest BCUT2D eigenvalue weighted by Gasteiger charge is -2.31. The molecule has 0 radical (unpaired) electrons. The topological polar surface area (TPSA) is 58.1 Å². The number of anilines is 2. The lowest BCUT2D eigenvalue weighted by atomic mass is 9.96. The van der Waals surface area contributed by atoms with E-state index in [0.29, 0.717) is 0 Å². The van der Waals surface area contributed by atoms with E-state index in [1.807, 2.05) is 67.0 Å². The molecule has 2 aromatic carbocycles. The van der Waals surface area contributed by atoms with Gasteiger partial charge in [0.1, 0.15) is 0 Å². The van der Waals surface area contributed by atoms with Gasteiger partial charge in [0, 0.05) is 47.1 Å². The Morgan fingerprint density at radius 2 is 1.68 bits per heavy atom. The van der Waals surface area contributed by atoms with Crippen molar-refractivity contribution in [3.63, 3.8) is 0 Å². The smallest absolute Gasteiger partial charge is 0.227 e. The Hall–Kier alpha value is -2.73. The van der Waals surface area contributed by atoms with Crippen molar-refractivity contribution in [2.24, 2.45) is 5.92 Å². The first kappa shape index (κ1) is 18.6. The Balaban J connectivity index is 1.34. The first-order chi connectivity index (χ1) is 13.7. The van der Waals surface area contributed by atoms with Gasteiger partial charge in [0.2, 0.25) is 11.9 Å². The Bertz CT molecular complexity index is 938. The van der Waals surface area contributed by atoms with Gasteiger partial charge in [-0.05, 0) is 36.6 Å². The van der Waals surface area contributed by atoms with Crippen LogP contribution in [-0.4, -0.2) is 29.0 Å². The van der Waals surface area contributed by atoms with Gasteiger partial charge in [0.25, 0.3) is 0 Å². The van der Waals surface area contributed by atoms with Crippen molar-refractivity contribution < 1.29 is 4.79 Å².